The number of pyridine rings is 2. The zero-order valence-corrected chi connectivity index (χ0v) is 31.8. The molecule has 1 aliphatic rings. The van der Waals surface area contributed by atoms with Crippen molar-refractivity contribution in [2.45, 2.75) is 66.0 Å². The van der Waals surface area contributed by atoms with Gasteiger partial charge in [-0.25, -0.2) is 9.18 Å². The van der Waals surface area contributed by atoms with Crippen molar-refractivity contribution in [3.8, 4) is 16.3 Å². The van der Waals surface area contributed by atoms with Crippen LogP contribution in [0.5, 0.6) is 5.75 Å². The van der Waals surface area contributed by atoms with Crippen LogP contribution in [0.1, 0.15) is 57.2 Å². The fraction of sp³-hybridized carbons (Fsp3) is 0.366. The number of thiophene rings is 1. The number of ether oxygens (including phenoxy) is 2. The number of para-hydroxylation sites is 1. The Morgan fingerprint density at radius 3 is 2.37 bits per heavy atom. The Balaban J connectivity index is 0.000000258. The number of hydrogen-bond donors (Lipinski definition) is 1. The standard InChI is InChI=1S/C26H34N4O2S.C8H10FN.C7H6O2/c1-5-6-7-20-10-11-27-22-16-23(33-24(20)22)21-9-8-19(17-28-21)18-29-12-14-30(15-13-29)25(31)32-26(2,3)4;1-6-3-4-7(10-2)5-8(6)9;8-6-9-7-4-2-1-3-5-7/h8-11,16-17H,5-7,12-15,18H2,1-4H3;3-5,10H,1-2H3;1-6H. The first-order chi connectivity index (χ1) is 25.0. The van der Waals surface area contributed by atoms with E-state index >= 15 is 0 Å². The fourth-order valence-corrected chi connectivity index (χ4v) is 6.45. The Labute approximate surface area is 310 Å². The number of benzene rings is 2. The zero-order valence-electron chi connectivity index (χ0n) is 31.0. The average molecular weight is 728 g/mol. The van der Waals surface area contributed by atoms with Gasteiger partial charge in [-0.05, 0) is 99.7 Å². The number of rotatable bonds is 9. The van der Waals surface area contributed by atoms with Crippen molar-refractivity contribution in [3.05, 3.63) is 108 Å². The number of aromatic nitrogens is 2. The van der Waals surface area contributed by atoms with Gasteiger partial charge < -0.3 is 19.7 Å². The van der Waals surface area contributed by atoms with Crippen LogP contribution in [0.2, 0.25) is 0 Å². The average Bonchev–Trinajstić information content (AvgIpc) is 3.58. The predicted molar refractivity (Wildman–Crippen MR) is 208 cm³/mol. The Morgan fingerprint density at radius 2 is 1.75 bits per heavy atom. The molecule has 1 saturated heterocycles. The number of amides is 1. The van der Waals surface area contributed by atoms with E-state index in [1.807, 2.05) is 45.3 Å². The maximum absolute atomic E-state index is 12.7. The third kappa shape index (κ3) is 12.4. The van der Waals surface area contributed by atoms with E-state index in [0.29, 0.717) is 30.9 Å². The van der Waals surface area contributed by atoms with E-state index in [4.69, 9.17) is 9.72 Å². The molecule has 5 aromatic rings. The fourth-order valence-electron chi connectivity index (χ4n) is 5.32. The second kappa shape index (κ2) is 19.7. The summed E-state index contributed by atoms with van der Waals surface area (Å²) in [6.45, 7) is 14.0. The minimum Gasteiger partial charge on any atom is -0.444 e. The molecular weight excluding hydrogens is 678 g/mol. The molecule has 0 radical (unpaired) electrons. The molecule has 52 heavy (non-hydrogen) atoms. The van der Waals surface area contributed by atoms with E-state index in [1.165, 1.54) is 39.6 Å². The topological polar surface area (TPSA) is 96.9 Å². The highest BCUT2D eigenvalue weighted by atomic mass is 32.1. The smallest absolute Gasteiger partial charge is 0.410 e. The highest BCUT2D eigenvalue weighted by Crippen LogP contribution is 2.34. The summed E-state index contributed by atoms with van der Waals surface area (Å²) in [5.41, 5.74) is 5.67. The molecule has 0 aliphatic carbocycles. The highest BCUT2D eigenvalue weighted by Gasteiger charge is 2.26. The minimum atomic E-state index is -0.455. The molecule has 0 atom stereocenters. The first-order valence-corrected chi connectivity index (χ1v) is 18.4. The van der Waals surface area contributed by atoms with Crippen molar-refractivity contribution in [2.75, 3.05) is 38.5 Å². The highest BCUT2D eigenvalue weighted by molar-refractivity contribution is 7.22. The number of nitrogens with zero attached hydrogens (tertiary/aromatic N) is 4. The van der Waals surface area contributed by atoms with Crippen molar-refractivity contribution < 1.29 is 23.5 Å². The van der Waals surface area contributed by atoms with E-state index in [-0.39, 0.29) is 11.9 Å². The third-order valence-electron chi connectivity index (χ3n) is 8.19. The molecule has 1 amide bonds. The second-order valence-electron chi connectivity index (χ2n) is 13.4. The summed E-state index contributed by atoms with van der Waals surface area (Å²) in [6.07, 6.45) is 7.17. The van der Waals surface area contributed by atoms with Gasteiger partial charge in [0.15, 0.2) is 0 Å². The molecule has 1 N–H and O–H groups in total. The number of halogens is 1. The van der Waals surface area contributed by atoms with Crippen molar-refractivity contribution in [3.63, 3.8) is 0 Å². The number of nitrogens with one attached hydrogen (secondary N) is 1. The first-order valence-electron chi connectivity index (χ1n) is 17.6. The Hall–Kier alpha value is -4.87. The van der Waals surface area contributed by atoms with Crippen LogP contribution < -0.4 is 10.1 Å². The van der Waals surface area contributed by atoms with E-state index in [2.05, 4.69) is 51.1 Å². The molecule has 0 saturated carbocycles. The lowest BCUT2D eigenvalue weighted by Crippen LogP contribution is -2.49. The van der Waals surface area contributed by atoms with Crippen molar-refractivity contribution in [1.82, 2.24) is 19.8 Å². The maximum Gasteiger partial charge on any atom is 0.410 e. The lowest BCUT2D eigenvalue weighted by atomic mass is 10.1. The molecule has 9 nitrogen and oxygen atoms in total. The van der Waals surface area contributed by atoms with Gasteiger partial charge in [-0.2, -0.15) is 0 Å². The van der Waals surface area contributed by atoms with Crippen LogP contribution in [-0.2, 0) is 22.5 Å². The van der Waals surface area contributed by atoms with Gasteiger partial charge in [-0.1, -0.05) is 43.7 Å². The quantitative estimate of drug-likeness (QED) is 0.150. The molecule has 4 heterocycles. The monoisotopic (exact) mass is 727 g/mol. The molecule has 11 heteroatoms. The number of hydrogen-bond acceptors (Lipinski definition) is 9. The summed E-state index contributed by atoms with van der Waals surface area (Å²) in [7, 11) is 1.77. The molecule has 0 spiro atoms. The minimum absolute atomic E-state index is 0.160. The maximum atomic E-state index is 12.7. The van der Waals surface area contributed by atoms with Gasteiger partial charge in [0, 0.05) is 57.9 Å². The lowest BCUT2D eigenvalue weighted by Gasteiger charge is -2.35. The Bertz CT molecular complexity index is 1850. The lowest BCUT2D eigenvalue weighted by molar-refractivity contribution is -0.120. The van der Waals surface area contributed by atoms with Crippen LogP contribution in [0.15, 0.2) is 85.2 Å². The van der Waals surface area contributed by atoms with E-state index in [0.717, 1.165) is 43.0 Å². The number of carbonyl (C=O) groups excluding carboxylic acids is 2. The summed E-state index contributed by atoms with van der Waals surface area (Å²) in [5, 5.41) is 2.86. The molecule has 276 valence electrons. The number of carbonyl (C=O) groups is 2. The predicted octanol–water partition coefficient (Wildman–Crippen LogP) is 9.15. The summed E-state index contributed by atoms with van der Waals surface area (Å²) in [4.78, 5) is 36.7. The third-order valence-corrected chi connectivity index (χ3v) is 9.41. The van der Waals surface area contributed by atoms with Crippen LogP contribution in [-0.4, -0.2) is 71.2 Å². The van der Waals surface area contributed by atoms with Crippen LogP contribution in [0.25, 0.3) is 20.8 Å². The normalized spacial score (nSPS) is 12.9. The van der Waals surface area contributed by atoms with Gasteiger partial charge in [0.05, 0.1) is 20.8 Å². The molecule has 0 unspecified atom stereocenters. The van der Waals surface area contributed by atoms with Crippen molar-refractivity contribution in [2.24, 2.45) is 0 Å². The van der Waals surface area contributed by atoms with Gasteiger partial charge in [0.1, 0.15) is 17.2 Å². The number of anilines is 1. The number of aryl methyl sites for hydroxylation is 2. The van der Waals surface area contributed by atoms with Gasteiger partial charge in [0.25, 0.3) is 6.47 Å². The first kappa shape index (κ1) is 39.9. The molecule has 2 aromatic carbocycles. The van der Waals surface area contributed by atoms with Crippen molar-refractivity contribution >= 4 is 39.8 Å². The summed E-state index contributed by atoms with van der Waals surface area (Å²) >= 11 is 1.79. The van der Waals surface area contributed by atoms with Gasteiger partial charge >= 0.3 is 6.09 Å². The van der Waals surface area contributed by atoms with E-state index in [1.54, 1.807) is 60.5 Å². The van der Waals surface area contributed by atoms with Gasteiger partial charge in [0.2, 0.25) is 0 Å². The van der Waals surface area contributed by atoms with Gasteiger partial charge in [-0.15, -0.1) is 11.3 Å². The summed E-state index contributed by atoms with van der Waals surface area (Å²) < 4.78 is 24.0. The Kier molecular flexibility index (Phi) is 15.1. The second-order valence-corrected chi connectivity index (χ2v) is 14.5. The van der Waals surface area contributed by atoms with E-state index in [9.17, 15) is 14.0 Å². The van der Waals surface area contributed by atoms with Crippen molar-refractivity contribution in [1.29, 1.82) is 0 Å². The SMILES string of the molecule is CCCCc1ccnc2cc(-c3ccc(CN4CCN(C(=O)OC(C)(C)C)CC4)cn3)sc12.CNc1ccc(C)c(F)c1.O=COc1ccccc1. The van der Waals surface area contributed by atoms with E-state index < -0.39 is 5.60 Å². The molecule has 3 aromatic heterocycles. The summed E-state index contributed by atoms with van der Waals surface area (Å²) in [5.74, 6) is 0.416. The van der Waals surface area contributed by atoms with Crippen LogP contribution >= 0.6 is 11.3 Å². The largest absolute Gasteiger partial charge is 0.444 e. The zero-order chi connectivity index (χ0) is 37.5. The van der Waals surface area contributed by atoms with Crippen LogP contribution in [0, 0.1) is 12.7 Å². The number of fused-ring (bicyclic) bond motifs is 1. The molecule has 1 fully saturated rings. The number of unbranched alkanes of at least 4 members (excludes halogenated alkanes) is 1. The number of piperazine rings is 1. The molecule has 1 aliphatic heterocycles. The summed E-state index contributed by atoms with van der Waals surface area (Å²) in [6, 6.07) is 22.6. The van der Waals surface area contributed by atoms with Crippen LogP contribution in [0.4, 0.5) is 14.9 Å². The molecule has 6 rings (SSSR count). The van der Waals surface area contributed by atoms with Crippen LogP contribution in [0.3, 0.4) is 0 Å². The molecule has 0 bridgehead atoms. The Morgan fingerprint density at radius 1 is 1.00 bits per heavy atom. The molecular formula is C41H50FN5O4S. The van der Waals surface area contributed by atoms with Gasteiger partial charge in [-0.3, -0.25) is 19.7 Å².